The van der Waals surface area contributed by atoms with E-state index in [2.05, 4.69) is 86.1 Å². The summed E-state index contributed by atoms with van der Waals surface area (Å²) in [5, 5.41) is 0. The lowest BCUT2D eigenvalue weighted by molar-refractivity contribution is -0.134. The maximum atomic E-state index is 12.0. The smallest absolute Gasteiger partial charge is 0.311 e. The summed E-state index contributed by atoms with van der Waals surface area (Å²) in [7, 11) is 0. The Bertz CT molecular complexity index is 897. The monoisotopic (exact) mass is 503 g/mol. The highest BCUT2D eigenvalue weighted by Gasteiger charge is 2.12. The zero-order chi connectivity index (χ0) is 27.4. The first-order chi connectivity index (χ1) is 18.2. The standard InChI is InChI=1S/C29H38O2.C3H5N.C2H6/c1-2-3-4-5-6-7-8-9-10-11-12-13-14-15-16-17-18-22-29(30)31-28-24-23-26-20-19-21-27(26)25-28;1-2-3-4;1-2/h3-4,6-7,9-10,12-13,15-16,23-25H,2,5,8,11,14,17-22H2,1H3;1H,3-4H2;1-2H3/b4-3-,7-6-,10-9-,13-12-,16-15-;;. The summed E-state index contributed by atoms with van der Waals surface area (Å²) < 4.78 is 5.48. The lowest BCUT2D eigenvalue weighted by Gasteiger charge is -2.06. The molecular formula is C34H49NO2. The molecule has 3 nitrogen and oxygen atoms in total. The van der Waals surface area contributed by atoms with Crippen LogP contribution in [-0.4, -0.2) is 12.5 Å². The molecule has 0 atom stereocenters. The van der Waals surface area contributed by atoms with Crippen molar-refractivity contribution in [1.82, 2.24) is 0 Å². The van der Waals surface area contributed by atoms with Crippen LogP contribution in [0.5, 0.6) is 5.75 Å². The summed E-state index contributed by atoms with van der Waals surface area (Å²) in [5.41, 5.74) is 7.53. The van der Waals surface area contributed by atoms with E-state index in [1.165, 1.54) is 17.5 Å². The molecule has 0 saturated carbocycles. The van der Waals surface area contributed by atoms with Gasteiger partial charge < -0.3 is 10.5 Å². The van der Waals surface area contributed by atoms with E-state index < -0.39 is 0 Å². The summed E-state index contributed by atoms with van der Waals surface area (Å²) in [6.45, 7) is 6.50. The predicted octanol–water partition coefficient (Wildman–Crippen LogP) is 8.61. The number of hydrogen-bond donors (Lipinski definition) is 1. The largest absolute Gasteiger partial charge is 0.427 e. The molecule has 202 valence electrons. The van der Waals surface area contributed by atoms with Crippen LogP contribution < -0.4 is 10.5 Å². The van der Waals surface area contributed by atoms with Crippen LogP contribution in [0.25, 0.3) is 0 Å². The fraction of sp³-hybridized carbons (Fsp3) is 0.441. The first kappa shape index (κ1) is 33.9. The summed E-state index contributed by atoms with van der Waals surface area (Å²) in [6, 6.07) is 6.05. The Morgan fingerprint density at radius 1 is 0.892 bits per heavy atom. The molecule has 1 aliphatic rings. The topological polar surface area (TPSA) is 52.3 Å². The molecule has 0 radical (unpaired) electrons. The van der Waals surface area contributed by atoms with Gasteiger partial charge in [0, 0.05) is 6.42 Å². The van der Waals surface area contributed by atoms with Gasteiger partial charge in [0.05, 0.1) is 6.54 Å². The molecule has 1 aromatic carbocycles. The van der Waals surface area contributed by atoms with Crippen molar-refractivity contribution in [1.29, 1.82) is 0 Å². The highest BCUT2D eigenvalue weighted by Crippen LogP contribution is 2.26. The van der Waals surface area contributed by atoms with Crippen LogP contribution in [-0.2, 0) is 17.6 Å². The van der Waals surface area contributed by atoms with Gasteiger partial charge in [-0.15, -0.1) is 6.42 Å². The molecule has 3 heteroatoms. The van der Waals surface area contributed by atoms with Crippen molar-refractivity contribution in [2.75, 3.05) is 6.54 Å². The van der Waals surface area contributed by atoms with Crippen LogP contribution >= 0.6 is 0 Å². The van der Waals surface area contributed by atoms with E-state index in [0.29, 0.717) is 18.7 Å². The average molecular weight is 504 g/mol. The lowest BCUT2D eigenvalue weighted by Crippen LogP contribution is -2.07. The number of esters is 1. The number of hydrogen-bond acceptors (Lipinski definition) is 3. The number of carbonyl (C=O) groups is 1. The fourth-order valence-corrected chi connectivity index (χ4v) is 3.53. The molecule has 0 unspecified atom stereocenters. The van der Waals surface area contributed by atoms with Gasteiger partial charge in [-0.3, -0.25) is 4.79 Å². The molecule has 2 N–H and O–H groups in total. The zero-order valence-corrected chi connectivity index (χ0v) is 23.5. The number of ether oxygens (including phenoxy) is 1. The summed E-state index contributed by atoms with van der Waals surface area (Å²) in [6.07, 6.45) is 37.3. The average Bonchev–Trinajstić information content (AvgIpc) is 3.40. The summed E-state index contributed by atoms with van der Waals surface area (Å²) in [4.78, 5) is 12.0. The first-order valence-electron chi connectivity index (χ1n) is 13.9. The minimum absolute atomic E-state index is 0.134. The molecule has 0 amide bonds. The van der Waals surface area contributed by atoms with E-state index in [-0.39, 0.29) is 5.97 Å². The van der Waals surface area contributed by atoms with Gasteiger partial charge in [-0.2, -0.15) is 0 Å². The van der Waals surface area contributed by atoms with Gasteiger partial charge in [0.2, 0.25) is 0 Å². The number of terminal acetylenes is 1. The third-order valence-corrected chi connectivity index (χ3v) is 5.33. The van der Waals surface area contributed by atoms with E-state index in [9.17, 15) is 4.79 Å². The van der Waals surface area contributed by atoms with Gasteiger partial charge in [0.1, 0.15) is 5.75 Å². The molecule has 0 spiro atoms. The minimum Gasteiger partial charge on any atom is -0.427 e. The molecule has 0 bridgehead atoms. The second-order valence-corrected chi connectivity index (χ2v) is 8.27. The molecule has 0 aromatic heterocycles. The van der Waals surface area contributed by atoms with Crippen LogP contribution in [0.2, 0.25) is 0 Å². The molecule has 0 heterocycles. The normalized spacial score (nSPS) is 12.5. The van der Waals surface area contributed by atoms with Gasteiger partial charge in [0.15, 0.2) is 0 Å². The van der Waals surface area contributed by atoms with Crippen molar-refractivity contribution >= 4 is 5.97 Å². The summed E-state index contributed by atoms with van der Waals surface area (Å²) in [5.74, 6) is 2.77. The number of allylic oxidation sites excluding steroid dienone is 10. The molecule has 0 saturated heterocycles. The molecule has 37 heavy (non-hydrogen) atoms. The van der Waals surface area contributed by atoms with Crippen LogP contribution in [0.3, 0.4) is 0 Å². The van der Waals surface area contributed by atoms with Gasteiger partial charge in [-0.05, 0) is 87.5 Å². The predicted molar refractivity (Wildman–Crippen MR) is 162 cm³/mol. The number of unbranched alkanes of at least 4 members (excludes halogenated alkanes) is 1. The quantitative estimate of drug-likeness (QED) is 0.0909. The number of rotatable bonds is 14. The maximum Gasteiger partial charge on any atom is 0.311 e. The Labute approximate surface area is 227 Å². The number of benzene rings is 1. The van der Waals surface area contributed by atoms with Gasteiger partial charge in [-0.25, -0.2) is 0 Å². The van der Waals surface area contributed by atoms with Crippen LogP contribution in [0.4, 0.5) is 0 Å². The van der Waals surface area contributed by atoms with Crippen LogP contribution in [0, 0.1) is 12.3 Å². The van der Waals surface area contributed by atoms with Gasteiger partial charge in [0.25, 0.3) is 0 Å². The second kappa shape index (κ2) is 26.0. The Hall–Kier alpha value is -3.09. The highest BCUT2D eigenvalue weighted by molar-refractivity contribution is 5.72. The highest BCUT2D eigenvalue weighted by atomic mass is 16.5. The second-order valence-electron chi connectivity index (χ2n) is 8.27. The lowest BCUT2D eigenvalue weighted by atomic mass is 10.1. The van der Waals surface area contributed by atoms with E-state index in [0.717, 1.165) is 57.8 Å². The Balaban J connectivity index is 0.00000196. The van der Waals surface area contributed by atoms with Gasteiger partial charge in [-0.1, -0.05) is 93.5 Å². The molecule has 0 aliphatic heterocycles. The van der Waals surface area contributed by atoms with Crippen molar-refractivity contribution in [2.45, 2.75) is 91.4 Å². The van der Waals surface area contributed by atoms with Crippen molar-refractivity contribution < 1.29 is 9.53 Å². The Morgan fingerprint density at radius 2 is 1.41 bits per heavy atom. The minimum atomic E-state index is -0.134. The SMILES string of the molecule is C#CCN.CC.CC/C=C\C/C=C\C/C=C\C/C=C\C/C=C\CCCC(=O)Oc1ccc2c(c1)CCC2. The number of aryl methyl sites for hydroxylation is 2. The van der Waals surface area contributed by atoms with E-state index in [1.54, 1.807) is 0 Å². The van der Waals surface area contributed by atoms with Crippen molar-refractivity contribution in [3.63, 3.8) is 0 Å². The molecular weight excluding hydrogens is 454 g/mol. The van der Waals surface area contributed by atoms with Crippen molar-refractivity contribution in [3.8, 4) is 18.1 Å². The third kappa shape index (κ3) is 19.7. The van der Waals surface area contributed by atoms with Crippen molar-refractivity contribution in [2.24, 2.45) is 5.73 Å². The molecule has 0 fully saturated rings. The number of carbonyl (C=O) groups excluding carboxylic acids is 1. The van der Waals surface area contributed by atoms with Crippen LogP contribution in [0.1, 0.15) is 89.7 Å². The van der Waals surface area contributed by atoms with E-state index >= 15 is 0 Å². The summed E-state index contributed by atoms with van der Waals surface area (Å²) >= 11 is 0. The molecule has 2 rings (SSSR count). The Kier molecular flexibility index (Phi) is 23.8. The van der Waals surface area contributed by atoms with E-state index in [1.807, 2.05) is 26.0 Å². The Morgan fingerprint density at radius 3 is 1.95 bits per heavy atom. The molecule has 1 aliphatic carbocycles. The number of nitrogens with two attached hydrogens (primary N) is 1. The zero-order valence-electron chi connectivity index (χ0n) is 23.5. The van der Waals surface area contributed by atoms with Crippen molar-refractivity contribution in [3.05, 3.63) is 90.1 Å². The third-order valence-electron chi connectivity index (χ3n) is 5.33. The van der Waals surface area contributed by atoms with Gasteiger partial charge >= 0.3 is 5.97 Å². The van der Waals surface area contributed by atoms with Crippen LogP contribution in [0.15, 0.2) is 79.0 Å². The first-order valence-corrected chi connectivity index (χ1v) is 13.9. The fourth-order valence-electron chi connectivity index (χ4n) is 3.53. The maximum absolute atomic E-state index is 12.0. The number of fused-ring (bicyclic) bond motifs is 1. The molecule has 1 aromatic rings. The van der Waals surface area contributed by atoms with E-state index in [4.69, 9.17) is 10.5 Å².